The summed E-state index contributed by atoms with van der Waals surface area (Å²) in [7, 11) is -2.53. The number of nitrogens with zero attached hydrogens (tertiary/aromatic N) is 1. The van der Waals surface area contributed by atoms with Gasteiger partial charge in [-0.05, 0) is 22.3 Å². The SMILES string of the molecule is C[C@@H](CO[Si](c1ccccc1)(c1ccccc1)C(C)(C)C)N=C=O. The maximum atomic E-state index is 10.5. The molecule has 1 atom stereocenters. The molecule has 0 saturated heterocycles. The standard InChI is InChI=1S/C20H25NO2Si/c1-17(21-16-22)15-23-24(20(2,3)4,18-11-7-5-8-12-18)19-13-9-6-10-14-19/h5-14,17H,15H2,1-4H3/t17-/m0/s1. The van der Waals surface area contributed by atoms with Gasteiger partial charge in [0.15, 0.2) is 0 Å². The molecule has 24 heavy (non-hydrogen) atoms. The summed E-state index contributed by atoms with van der Waals surface area (Å²) in [6.07, 6.45) is 1.63. The van der Waals surface area contributed by atoms with E-state index in [1.807, 2.05) is 19.1 Å². The van der Waals surface area contributed by atoms with Crippen molar-refractivity contribution in [3.05, 3.63) is 60.7 Å². The van der Waals surface area contributed by atoms with Crippen LogP contribution in [-0.2, 0) is 9.22 Å². The molecule has 2 rings (SSSR count). The van der Waals surface area contributed by atoms with E-state index in [9.17, 15) is 4.79 Å². The monoisotopic (exact) mass is 339 g/mol. The summed E-state index contributed by atoms with van der Waals surface area (Å²) in [6, 6.07) is 20.7. The molecule has 0 N–H and O–H groups in total. The van der Waals surface area contributed by atoms with E-state index in [-0.39, 0.29) is 11.1 Å². The fourth-order valence-corrected chi connectivity index (χ4v) is 7.78. The molecule has 0 spiro atoms. The van der Waals surface area contributed by atoms with Crippen molar-refractivity contribution in [3.63, 3.8) is 0 Å². The van der Waals surface area contributed by atoms with Gasteiger partial charge >= 0.3 is 0 Å². The van der Waals surface area contributed by atoms with Gasteiger partial charge in [0.25, 0.3) is 8.32 Å². The highest BCUT2D eigenvalue weighted by Crippen LogP contribution is 2.36. The first-order valence-electron chi connectivity index (χ1n) is 8.24. The fraction of sp³-hybridized carbons (Fsp3) is 0.350. The van der Waals surface area contributed by atoms with Crippen LogP contribution in [0.3, 0.4) is 0 Å². The zero-order chi connectivity index (χ0) is 17.6. The predicted octanol–water partition coefficient (Wildman–Crippen LogP) is 3.29. The highest BCUT2D eigenvalue weighted by molar-refractivity contribution is 6.99. The minimum absolute atomic E-state index is 0.0691. The molecule has 0 unspecified atom stereocenters. The van der Waals surface area contributed by atoms with E-state index in [1.165, 1.54) is 10.4 Å². The second-order valence-electron chi connectivity index (χ2n) is 7.04. The minimum Gasteiger partial charge on any atom is -0.405 e. The molecule has 0 aliphatic carbocycles. The molecule has 0 aliphatic rings. The first-order chi connectivity index (χ1) is 11.4. The molecule has 0 fully saturated rings. The van der Waals surface area contributed by atoms with Crippen LogP contribution in [0.25, 0.3) is 0 Å². The second kappa shape index (κ2) is 7.71. The number of hydrogen-bond donors (Lipinski definition) is 0. The van der Waals surface area contributed by atoms with Gasteiger partial charge in [0.05, 0.1) is 12.6 Å². The summed E-state index contributed by atoms with van der Waals surface area (Å²) in [5.41, 5.74) is 0. The van der Waals surface area contributed by atoms with Crippen molar-refractivity contribution in [2.45, 2.75) is 38.8 Å². The summed E-state index contributed by atoms with van der Waals surface area (Å²) >= 11 is 0. The lowest BCUT2D eigenvalue weighted by atomic mass is 10.2. The maximum absolute atomic E-state index is 10.5. The van der Waals surface area contributed by atoms with E-state index in [0.29, 0.717) is 6.61 Å². The van der Waals surface area contributed by atoms with E-state index in [0.717, 1.165) is 0 Å². The highest BCUT2D eigenvalue weighted by Gasteiger charge is 2.50. The lowest BCUT2D eigenvalue weighted by Crippen LogP contribution is -2.67. The molecule has 0 heterocycles. The summed E-state index contributed by atoms with van der Waals surface area (Å²) in [5.74, 6) is 0. The number of rotatable bonds is 6. The van der Waals surface area contributed by atoms with Crippen molar-refractivity contribution in [2.75, 3.05) is 6.61 Å². The largest absolute Gasteiger partial charge is 0.405 e. The third-order valence-corrected chi connectivity index (χ3v) is 9.24. The van der Waals surface area contributed by atoms with Gasteiger partial charge in [-0.15, -0.1) is 0 Å². The zero-order valence-electron chi connectivity index (χ0n) is 14.8. The maximum Gasteiger partial charge on any atom is 0.261 e. The number of hydrogen-bond acceptors (Lipinski definition) is 3. The Bertz CT molecular complexity index is 649. The molecular weight excluding hydrogens is 314 g/mol. The van der Waals surface area contributed by atoms with Gasteiger partial charge < -0.3 is 4.43 Å². The van der Waals surface area contributed by atoms with Crippen LogP contribution < -0.4 is 10.4 Å². The average Bonchev–Trinajstić information content (AvgIpc) is 2.56. The second-order valence-corrected chi connectivity index (χ2v) is 11.3. The normalized spacial score (nSPS) is 13.2. The van der Waals surface area contributed by atoms with Gasteiger partial charge in [-0.2, -0.15) is 0 Å². The Hall–Kier alpha value is -2.00. The lowest BCUT2D eigenvalue weighted by Gasteiger charge is -2.43. The number of isocyanates is 1. The van der Waals surface area contributed by atoms with Crippen LogP contribution >= 0.6 is 0 Å². The molecular formula is C20H25NO2Si. The van der Waals surface area contributed by atoms with Crippen LogP contribution in [0.2, 0.25) is 5.04 Å². The summed E-state index contributed by atoms with van der Waals surface area (Å²) in [4.78, 5) is 14.3. The van der Waals surface area contributed by atoms with Crippen molar-refractivity contribution >= 4 is 24.8 Å². The Morgan fingerprint density at radius 1 is 1.00 bits per heavy atom. The van der Waals surface area contributed by atoms with Crippen LogP contribution in [0.5, 0.6) is 0 Å². The van der Waals surface area contributed by atoms with Crippen molar-refractivity contribution < 1.29 is 9.22 Å². The Labute approximate surface area is 145 Å². The van der Waals surface area contributed by atoms with Crippen molar-refractivity contribution in [1.82, 2.24) is 0 Å². The quantitative estimate of drug-likeness (QED) is 0.460. The number of carbonyl (C=O) groups excluding carboxylic acids is 1. The average molecular weight is 340 g/mol. The number of aliphatic imine (C=N–C) groups is 1. The van der Waals surface area contributed by atoms with E-state index in [1.54, 1.807) is 6.08 Å². The van der Waals surface area contributed by atoms with Gasteiger partial charge in [0.1, 0.15) is 0 Å². The van der Waals surface area contributed by atoms with Crippen LogP contribution in [-0.4, -0.2) is 27.0 Å². The Kier molecular flexibility index (Phi) is 5.89. The molecule has 0 radical (unpaired) electrons. The molecule has 126 valence electrons. The van der Waals surface area contributed by atoms with Crippen LogP contribution in [0.1, 0.15) is 27.7 Å². The van der Waals surface area contributed by atoms with Gasteiger partial charge in [0, 0.05) is 0 Å². The summed E-state index contributed by atoms with van der Waals surface area (Å²) in [5, 5.41) is 2.39. The zero-order valence-corrected chi connectivity index (χ0v) is 15.8. The molecule has 4 heteroatoms. The Balaban J connectivity index is 2.59. The molecule has 2 aromatic rings. The van der Waals surface area contributed by atoms with Crippen LogP contribution in [0, 0.1) is 0 Å². The third-order valence-electron chi connectivity index (χ3n) is 4.23. The predicted molar refractivity (Wildman–Crippen MR) is 101 cm³/mol. The van der Waals surface area contributed by atoms with Crippen LogP contribution in [0.15, 0.2) is 65.7 Å². The van der Waals surface area contributed by atoms with E-state index in [4.69, 9.17) is 4.43 Å². The molecule has 2 aromatic carbocycles. The Morgan fingerprint density at radius 3 is 1.83 bits per heavy atom. The van der Waals surface area contributed by atoms with Crippen LogP contribution in [0.4, 0.5) is 0 Å². The summed E-state index contributed by atoms with van der Waals surface area (Å²) < 4.78 is 6.65. The van der Waals surface area contributed by atoms with E-state index < -0.39 is 8.32 Å². The summed E-state index contributed by atoms with van der Waals surface area (Å²) in [6.45, 7) is 8.97. The van der Waals surface area contributed by atoms with E-state index in [2.05, 4.69) is 74.3 Å². The van der Waals surface area contributed by atoms with Gasteiger partial charge in [-0.25, -0.2) is 9.79 Å². The van der Waals surface area contributed by atoms with Gasteiger partial charge in [0.2, 0.25) is 6.08 Å². The highest BCUT2D eigenvalue weighted by atomic mass is 28.4. The molecule has 0 aliphatic heterocycles. The lowest BCUT2D eigenvalue weighted by molar-refractivity contribution is 0.279. The van der Waals surface area contributed by atoms with Crippen molar-refractivity contribution in [3.8, 4) is 0 Å². The number of benzene rings is 2. The fourth-order valence-electron chi connectivity index (χ4n) is 3.13. The van der Waals surface area contributed by atoms with Gasteiger partial charge in [-0.1, -0.05) is 81.4 Å². The van der Waals surface area contributed by atoms with E-state index >= 15 is 0 Å². The molecule has 0 amide bonds. The van der Waals surface area contributed by atoms with Crippen molar-refractivity contribution in [2.24, 2.45) is 4.99 Å². The molecule has 3 nitrogen and oxygen atoms in total. The topological polar surface area (TPSA) is 38.7 Å². The molecule has 0 aromatic heterocycles. The third kappa shape index (κ3) is 3.73. The minimum atomic E-state index is -2.53. The molecule has 0 bridgehead atoms. The first kappa shape index (κ1) is 18.3. The van der Waals surface area contributed by atoms with Crippen molar-refractivity contribution in [1.29, 1.82) is 0 Å². The smallest absolute Gasteiger partial charge is 0.261 e. The van der Waals surface area contributed by atoms with Gasteiger partial charge in [-0.3, -0.25) is 0 Å². The Morgan fingerprint density at radius 2 is 1.46 bits per heavy atom. The first-order valence-corrected chi connectivity index (χ1v) is 10.1. The molecule has 0 saturated carbocycles.